The second-order valence-corrected chi connectivity index (χ2v) is 8.49. The van der Waals surface area contributed by atoms with Crippen LogP contribution >= 0.6 is 0 Å². The van der Waals surface area contributed by atoms with E-state index in [-0.39, 0.29) is 0 Å². The molecule has 1 fully saturated rings. The molecule has 5 rings (SSSR count). The summed E-state index contributed by atoms with van der Waals surface area (Å²) in [7, 11) is 0. The summed E-state index contributed by atoms with van der Waals surface area (Å²) < 4.78 is 7.59. The van der Waals surface area contributed by atoms with Gasteiger partial charge in [-0.15, -0.1) is 0 Å². The Kier molecular flexibility index (Phi) is 6.21. The molecule has 3 aromatic heterocycles. The first kappa shape index (κ1) is 21.4. The zero-order valence-electron chi connectivity index (χ0n) is 19.2. The van der Waals surface area contributed by atoms with Crippen LogP contribution in [-0.4, -0.2) is 52.2 Å². The third-order valence-electron chi connectivity index (χ3n) is 6.33. The SMILES string of the molecule is CCC(CNc1nc(-c2cn3ccnc3cc2C)cc(N2CCOCC2)n1)c1ccccc1. The topological polar surface area (TPSA) is 67.6 Å². The molecule has 0 amide bonds. The molecule has 1 aliphatic rings. The minimum atomic E-state index is 0.398. The summed E-state index contributed by atoms with van der Waals surface area (Å²) in [6, 6.07) is 14.8. The number of rotatable bonds is 7. The molecule has 0 bridgehead atoms. The van der Waals surface area contributed by atoms with Gasteiger partial charge in [-0.3, -0.25) is 0 Å². The maximum atomic E-state index is 5.56. The molecule has 1 saturated heterocycles. The number of ether oxygens (including phenoxy) is 1. The summed E-state index contributed by atoms with van der Waals surface area (Å²) in [6.07, 6.45) is 6.93. The summed E-state index contributed by atoms with van der Waals surface area (Å²) in [5.74, 6) is 1.99. The van der Waals surface area contributed by atoms with E-state index in [9.17, 15) is 0 Å². The van der Waals surface area contributed by atoms with Crippen LogP contribution in [0.15, 0.2) is 61.1 Å². The Hall–Kier alpha value is -3.45. The molecule has 33 heavy (non-hydrogen) atoms. The van der Waals surface area contributed by atoms with Crippen molar-refractivity contribution in [3.8, 4) is 11.3 Å². The summed E-state index contributed by atoms with van der Waals surface area (Å²) in [5.41, 5.74) is 5.40. The highest BCUT2D eigenvalue weighted by molar-refractivity contribution is 5.69. The van der Waals surface area contributed by atoms with Gasteiger partial charge in [0.2, 0.25) is 5.95 Å². The van der Waals surface area contributed by atoms with Crippen molar-refractivity contribution in [3.63, 3.8) is 0 Å². The van der Waals surface area contributed by atoms with Gasteiger partial charge in [0, 0.05) is 55.8 Å². The minimum Gasteiger partial charge on any atom is -0.378 e. The highest BCUT2D eigenvalue weighted by atomic mass is 16.5. The normalized spacial score (nSPS) is 15.0. The maximum absolute atomic E-state index is 5.56. The van der Waals surface area contributed by atoms with Gasteiger partial charge in [-0.25, -0.2) is 9.97 Å². The molecule has 4 heterocycles. The third-order valence-corrected chi connectivity index (χ3v) is 6.33. The van der Waals surface area contributed by atoms with Crippen LogP contribution in [-0.2, 0) is 4.74 Å². The fourth-order valence-electron chi connectivity index (χ4n) is 4.37. The van der Waals surface area contributed by atoms with Gasteiger partial charge in [-0.2, -0.15) is 4.98 Å². The van der Waals surface area contributed by atoms with E-state index in [0.29, 0.717) is 25.1 Å². The van der Waals surface area contributed by atoms with Crippen molar-refractivity contribution in [3.05, 3.63) is 72.2 Å². The number of hydrogen-bond donors (Lipinski definition) is 1. The van der Waals surface area contributed by atoms with Crippen molar-refractivity contribution in [1.29, 1.82) is 0 Å². The Balaban J connectivity index is 1.49. The fraction of sp³-hybridized carbons (Fsp3) is 0.346. The van der Waals surface area contributed by atoms with Gasteiger partial charge in [0.25, 0.3) is 0 Å². The molecule has 1 N–H and O–H groups in total. The number of nitrogens with one attached hydrogen (secondary N) is 1. The minimum absolute atomic E-state index is 0.398. The van der Waals surface area contributed by atoms with Crippen molar-refractivity contribution in [2.24, 2.45) is 0 Å². The second kappa shape index (κ2) is 9.58. The van der Waals surface area contributed by atoms with E-state index >= 15 is 0 Å². The molecule has 170 valence electrons. The van der Waals surface area contributed by atoms with Crippen LogP contribution in [0, 0.1) is 6.92 Å². The van der Waals surface area contributed by atoms with Crippen molar-refractivity contribution in [2.75, 3.05) is 43.1 Å². The van der Waals surface area contributed by atoms with E-state index in [2.05, 4.69) is 77.7 Å². The lowest BCUT2D eigenvalue weighted by atomic mass is 9.97. The van der Waals surface area contributed by atoms with Gasteiger partial charge in [-0.05, 0) is 30.5 Å². The van der Waals surface area contributed by atoms with E-state index < -0.39 is 0 Å². The van der Waals surface area contributed by atoms with Gasteiger partial charge in [-0.1, -0.05) is 37.3 Å². The summed E-state index contributed by atoms with van der Waals surface area (Å²) in [5, 5.41) is 3.54. The summed E-state index contributed by atoms with van der Waals surface area (Å²) >= 11 is 0. The molecule has 1 aromatic carbocycles. The monoisotopic (exact) mass is 442 g/mol. The van der Waals surface area contributed by atoms with E-state index in [0.717, 1.165) is 54.3 Å². The summed E-state index contributed by atoms with van der Waals surface area (Å²) in [6.45, 7) is 8.21. The standard InChI is InChI=1S/C26H30N6O/c1-3-20(21-7-5-4-6-8-21)17-28-26-29-23(16-25(30-26)31-11-13-33-14-12-31)22-18-32-10-9-27-24(32)15-19(22)2/h4-10,15-16,18,20H,3,11-14,17H2,1-2H3,(H,28,29,30). The highest BCUT2D eigenvalue weighted by Gasteiger charge is 2.18. The molecular weight excluding hydrogens is 412 g/mol. The Bertz CT molecular complexity index is 1220. The van der Waals surface area contributed by atoms with Gasteiger partial charge >= 0.3 is 0 Å². The lowest BCUT2D eigenvalue weighted by Gasteiger charge is -2.28. The predicted octanol–water partition coefficient (Wildman–Crippen LogP) is 4.54. The van der Waals surface area contributed by atoms with Crippen molar-refractivity contribution in [1.82, 2.24) is 19.4 Å². The summed E-state index contributed by atoms with van der Waals surface area (Å²) in [4.78, 5) is 16.5. The first-order valence-corrected chi connectivity index (χ1v) is 11.7. The van der Waals surface area contributed by atoms with Crippen LogP contribution in [0.1, 0.15) is 30.4 Å². The number of morpholine rings is 1. The Morgan fingerprint density at radius 2 is 1.91 bits per heavy atom. The van der Waals surface area contributed by atoms with Crippen molar-refractivity contribution >= 4 is 17.4 Å². The largest absolute Gasteiger partial charge is 0.378 e. The van der Waals surface area contributed by atoms with Crippen LogP contribution < -0.4 is 10.2 Å². The van der Waals surface area contributed by atoms with Crippen molar-refractivity contribution < 1.29 is 4.74 Å². The van der Waals surface area contributed by atoms with E-state index in [4.69, 9.17) is 14.7 Å². The number of aromatic nitrogens is 4. The van der Waals surface area contributed by atoms with E-state index in [1.165, 1.54) is 5.56 Å². The van der Waals surface area contributed by atoms with Crippen LogP contribution in [0.2, 0.25) is 0 Å². The molecular formula is C26H30N6O. The lowest BCUT2D eigenvalue weighted by molar-refractivity contribution is 0.122. The molecule has 0 aliphatic carbocycles. The number of pyridine rings is 1. The third kappa shape index (κ3) is 4.68. The lowest BCUT2D eigenvalue weighted by Crippen LogP contribution is -2.37. The number of fused-ring (bicyclic) bond motifs is 1. The van der Waals surface area contributed by atoms with Gasteiger partial charge in [0.1, 0.15) is 11.5 Å². The van der Waals surface area contributed by atoms with Crippen LogP contribution in [0.5, 0.6) is 0 Å². The molecule has 4 aromatic rings. The zero-order valence-corrected chi connectivity index (χ0v) is 19.2. The van der Waals surface area contributed by atoms with Crippen LogP contribution in [0.25, 0.3) is 16.9 Å². The number of imidazole rings is 1. The van der Waals surface area contributed by atoms with Gasteiger partial charge < -0.3 is 19.4 Å². The first-order chi connectivity index (χ1) is 16.2. The van der Waals surface area contributed by atoms with E-state index in [1.54, 1.807) is 0 Å². The smallest absolute Gasteiger partial charge is 0.225 e. The van der Waals surface area contributed by atoms with Crippen molar-refractivity contribution in [2.45, 2.75) is 26.2 Å². The molecule has 0 spiro atoms. The maximum Gasteiger partial charge on any atom is 0.225 e. The number of benzene rings is 1. The molecule has 7 heteroatoms. The van der Waals surface area contributed by atoms with Gasteiger partial charge in [0.15, 0.2) is 0 Å². The first-order valence-electron chi connectivity index (χ1n) is 11.7. The average Bonchev–Trinajstić information content (AvgIpc) is 3.32. The fourth-order valence-corrected chi connectivity index (χ4v) is 4.37. The molecule has 1 unspecified atom stereocenters. The van der Waals surface area contributed by atoms with Gasteiger partial charge in [0.05, 0.1) is 18.9 Å². The predicted molar refractivity (Wildman–Crippen MR) is 132 cm³/mol. The number of aryl methyl sites for hydroxylation is 1. The van der Waals surface area contributed by atoms with Crippen LogP contribution in [0.3, 0.4) is 0 Å². The molecule has 1 atom stereocenters. The quantitative estimate of drug-likeness (QED) is 0.453. The Morgan fingerprint density at radius 1 is 1.09 bits per heavy atom. The molecule has 0 radical (unpaired) electrons. The molecule has 1 aliphatic heterocycles. The highest BCUT2D eigenvalue weighted by Crippen LogP contribution is 2.28. The average molecular weight is 443 g/mol. The van der Waals surface area contributed by atoms with Crippen LogP contribution in [0.4, 0.5) is 11.8 Å². The number of hydrogen-bond acceptors (Lipinski definition) is 6. The molecule has 7 nitrogen and oxygen atoms in total. The number of anilines is 2. The second-order valence-electron chi connectivity index (χ2n) is 8.49. The Labute approximate surface area is 194 Å². The zero-order chi connectivity index (χ0) is 22.6. The Morgan fingerprint density at radius 3 is 2.70 bits per heavy atom. The van der Waals surface area contributed by atoms with E-state index in [1.807, 2.05) is 16.8 Å². The molecule has 0 saturated carbocycles. The number of nitrogens with zero attached hydrogens (tertiary/aromatic N) is 5.